The van der Waals surface area contributed by atoms with Crippen molar-refractivity contribution < 1.29 is 24.5 Å². The van der Waals surface area contributed by atoms with Crippen molar-refractivity contribution >= 4 is 11.9 Å². The van der Waals surface area contributed by atoms with Crippen LogP contribution in [0.1, 0.15) is 33.1 Å². The van der Waals surface area contributed by atoms with Gasteiger partial charge in [0.05, 0.1) is 18.8 Å². The van der Waals surface area contributed by atoms with E-state index >= 15 is 0 Å². The summed E-state index contributed by atoms with van der Waals surface area (Å²) in [5.41, 5.74) is 1.98. The number of rotatable bonds is 9. The smallest absolute Gasteiger partial charge is 0.303 e. The molecular weight excluding hydrogens is 240 g/mol. The molecule has 0 aromatic carbocycles. The van der Waals surface area contributed by atoms with Crippen LogP contribution in [0.3, 0.4) is 0 Å². The van der Waals surface area contributed by atoms with Gasteiger partial charge in [0.1, 0.15) is 0 Å². The van der Waals surface area contributed by atoms with Crippen LogP contribution < -0.4 is 11.3 Å². The monoisotopic (exact) mass is 262 g/mol. The van der Waals surface area contributed by atoms with E-state index in [2.05, 4.69) is 0 Å². The summed E-state index contributed by atoms with van der Waals surface area (Å²) in [5, 5.41) is 18.3. The number of aliphatic carboxylic acids is 1. The van der Waals surface area contributed by atoms with Crippen molar-refractivity contribution in [1.29, 1.82) is 0 Å². The molecule has 18 heavy (non-hydrogen) atoms. The Kier molecular flexibility index (Phi) is 8.27. The van der Waals surface area contributed by atoms with Crippen molar-refractivity contribution in [1.82, 2.24) is 5.43 Å². The van der Waals surface area contributed by atoms with E-state index in [-0.39, 0.29) is 32.0 Å². The van der Waals surface area contributed by atoms with Gasteiger partial charge in [-0.15, -0.1) is 0 Å². The third-order valence-corrected chi connectivity index (χ3v) is 2.40. The molecule has 0 saturated carbocycles. The Morgan fingerprint density at radius 3 is 2.44 bits per heavy atom. The highest BCUT2D eigenvalue weighted by Crippen LogP contribution is 2.14. The van der Waals surface area contributed by atoms with Crippen molar-refractivity contribution in [3.05, 3.63) is 0 Å². The first-order chi connectivity index (χ1) is 8.36. The molecule has 7 nitrogen and oxygen atoms in total. The minimum atomic E-state index is -0.988. The molecule has 5 N–H and O–H groups in total. The van der Waals surface area contributed by atoms with Crippen LogP contribution in [-0.4, -0.2) is 40.9 Å². The van der Waals surface area contributed by atoms with Gasteiger partial charge in [0.2, 0.25) is 5.91 Å². The third kappa shape index (κ3) is 7.99. The standard InChI is InChI=1S/C11H22N2O5/c1-7(2)18-6-9(14)5-8(11(17)13-12)3-4-10(15)16/h7-9,14H,3-6,12H2,1-2H3,(H,13,17)(H,15,16)/t8-,9+/m1/s1. The fourth-order valence-electron chi connectivity index (χ4n) is 1.47. The molecular formula is C11H22N2O5. The highest BCUT2D eigenvalue weighted by molar-refractivity contribution is 5.78. The summed E-state index contributed by atoms with van der Waals surface area (Å²) in [6, 6.07) is 0. The molecule has 2 atom stereocenters. The first kappa shape index (κ1) is 16.8. The summed E-state index contributed by atoms with van der Waals surface area (Å²) in [6.07, 6.45) is -0.709. The van der Waals surface area contributed by atoms with Gasteiger partial charge in [0, 0.05) is 12.3 Å². The van der Waals surface area contributed by atoms with Crippen LogP contribution in [0.15, 0.2) is 0 Å². The SMILES string of the molecule is CC(C)OC[C@@H](O)C[C@@H](CCC(=O)O)C(=O)NN. The van der Waals surface area contributed by atoms with Crippen LogP contribution in [0.2, 0.25) is 0 Å². The fraction of sp³-hybridized carbons (Fsp3) is 0.818. The number of carboxylic acid groups (broad SMARTS) is 1. The summed E-state index contributed by atoms with van der Waals surface area (Å²) in [6.45, 7) is 3.78. The van der Waals surface area contributed by atoms with Gasteiger partial charge in [-0.1, -0.05) is 0 Å². The zero-order valence-corrected chi connectivity index (χ0v) is 10.8. The molecule has 106 valence electrons. The maximum absolute atomic E-state index is 11.4. The molecule has 1 amide bonds. The van der Waals surface area contributed by atoms with Crippen LogP contribution in [0, 0.1) is 5.92 Å². The molecule has 0 aromatic rings. The summed E-state index contributed by atoms with van der Waals surface area (Å²) in [5.74, 6) is 2.93. The molecule has 0 aliphatic rings. The fourth-order valence-corrected chi connectivity index (χ4v) is 1.47. The second-order valence-corrected chi connectivity index (χ2v) is 4.41. The Balaban J connectivity index is 4.21. The molecule has 0 aromatic heterocycles. The van der Waals surface area contributed by atoms with E-state index in [0.717, 1.165) is 0 Å². The van der Waals surface area contributed by atoms with Gasteiger partial charge in [-0.25, -0.2) is 5.84 Å². The lowest BCUT2D eigenvalue weighted by molar-refractivity contribution is -0.137. The van der Waals surface area contributed by atoms with Gasteiger partial charge in [-0.05, 0) is 26.7 Å². The number of hydrogen-bond donors (Lipinski definition) is 4. The molecule has 0 aliphatic carbocycles. The van der Waals surface area contributed by atoms with E-state index in [1.165, 1.54) is 0 Å². The van der Waals surface area contributed by atoms with Gasteiger partial charge in [0.15, 0.2) is 0 Å². The van der Waals surface area contributed by atoms with E-state index in [1.54, 1.807) is 0 Å². The molecule has 0 rings (SSSR count). The van der Waals surface area contributed by atoms with E-state index < -0.39 is 23.9 Å². The van der Waals surface area contributed by atoms with Crippen molar-refractivity contribution in [2.75, 3.05) is 6.61 Å². The van der Waals surface area contributed by atoms with Crippen molar-refractivity contribution in [3.63, 3.8) is 0 Å². The summed E-state index contributed by atoms with van der Waals surface area (Å²) in [4.78, 5) is 21.9. The molecule has 0 aliphatic heterocycles. The third-order valence-electron chi connectivity index (χ3n) is 2.40. The van der Waals surface area contributed by atoms with Crippen molar-refractivity contribution in [2.45, 2.75) is 45.3 Å². The zero-order valence-electron chi connectivity index (χ0n) is 10.8. The molecule has 0 radical (unpaired) electrons. The van der Waals surface area contributed by atoms with Gasteiger partial charge >= 0.3 is 5.97 Å². The number of ether oxygens (including phenoxy) is 1. The molecule has 0 fully saturated rings. The molecule has 0 heterocycles. The average Bonchev–Trinajstić information content (AvgIpc) is 2.30. The van der Waals surface area contributed by atoms with Crippen LogP contribution in [0.5, 0.6) is 0 Å². The van der Waals surface area contributed by atoms with Gasteiger partial charge in [0.25, 0.3) is 0 Å². The maximum atomic E-state index is 11.4. The number of carboxylic acids is 1. The largest absolute Gasteiger partial charge is 0.481 e. The van der Waals surface area contributed by atoms with E-state index in [0.29, 0.717) is 0 Å². The molecule has 0 saturated heterocycles. The van der Waals surface area contributed by atoms with Gasteiger partial charge in [-0.3, -0.25) is 15.0 Å². The Hall–Kier alpha value is -1.18. The lowest BCUT2D eigenvalue weighted by atomic mass is 9.95. The first-order valence-corrected chi connectivity index (χ1v) is 5.88. The number of hydrogen-bond acceptors (Lipinski definition) is 5. The minimum Gasteiger partial charge on any atom is -0.481 e. The topological polar surface area (TPSA) is 122 Å². The summed E-state index contributed by atoms with van der Waals surface area (Å²) < 4.78 is 5.21. The number of hydrazine groups is 1. The quantitative estimate of drug-likeness (QED) is 0.255. The van der Waals surface area contributed by atoms with Crippen molar-refractivity contribution in [2.24, 2.45) is 11.8 Å². The molecule has 7 heteroatoms. The number of amides is 1. The Morgan fingerprint density at radius 1 is 1.39 bits per heavy atom. The number of aliphatic hydroxyl groups excluding tert-OH is 1. The molecule has 0 unspecified atom stereocenters. The van der Waals surface area contributed by atoms with Crippen LogP contribution >= 0.6 is 0 Å². The Morgan fingerprint density at radius 2 is 2.00 bits per heavy atom. The second-order valence-electron chi connectivity index (χ2n) is 4.41. The minimum absolute atomic E-state index is 0.0135. The molecule has 0 bridgehead atoms. The number of nitrogens with two attached hydrogens (primary N) is 1. The highest BCUT2D eigenvalue weighted by atomic mass is 16.5. The first-order valence-electron chi connectivity index (χ1n) is 5.88. The van der Waals surface area contributed by atoms with Crippen LogP contribution in [-0.2, 0) is 14.3 Å². The second kappa shape index (κ2) is 8.84. The molecule has 0 spiro atoms. The number of carbonyl (C=O) groups excluding carboxylic acids is 1. The normalized spacial score (nSPS) is 14.3. The predicted octanol–water partition coefficient (Wildman–Crippen LogP) is -0.367. The Labute approximate surface area is 106 Å². The van der Waals surface area contributed by atoms with Crippen molar-refractivity contribution in [3.8, 4) is 0 Å². The summed E-state index contributed by atoms with van der Waals surface area (Å²) in [7, 11) is 0. The van der Waals surface area contributed by atoms with E-state index in [1.807, 2.05) is 19.3 Å². The van der Waals surface area contributed by atoms with Crippen LogP contribution in [0.25, 0.3) is 0 Å². The van der Waals surface area contributed by atoms with Gasteiger partial charge < -0.3 is 14.9 Å². The van der Waals surface area contributed by atoms with Crippen LogP contribution in [0.4, 0.5) is 0 Å². The van der Waals surface area contributed by atoms with E-state index in [9.17, 15) is 14.7 Å². The average molecular weight is 262 g/mol. The highest BCUT2D eigenvalue weighted by Gasteiger charge is 2.22. The number of carbonyl (C=O) groups is 2. The van der Waals surface area contributed by atoms with E-state index in [4.69, 9.17) is 15.7 Å². The Bertz CT molecular complexity index is 270. The lowest BCUT2D eigenvalue weighted by Crippen LogP contribution is -2.38. The predicted molar refractivity (Wildman–Crippen MR) is 64.4 cm³/mol. The maximum Gasteiger partial charge on any atom is 0.303 e. The number of aliphatic hydroxyl groups is 1. The summed E-state index contributed by atoms with van der Waals surface area (Å²) >= 11 is 0. The zero-order chi connectivity index (χ0) is 14.1. The lowest BCUT2D eigenvalue weighted by Gasteiger charge is -2.19. The van der Waals surface area contributed by atoms with Gasteiger partial charge in [-0.2, -0.15) is 0 Å². The number of nitrogens with one attached hydrogen (secondary N) is 1.